The van der Waals surface area contributed by atoms with Crippen molar-refractivity contribution >= 4 is 11.9 Å². The largest absolute Gasteiger partial charge is 0.386 e. The molecule has 1 heterocycles. The molecule has 0 bridgehead atoms. The van der Waals surface area contributed by atoms with Gasteiger partial charge in [0.2, 0.25) is 0 Å². The highest BCUT2D eigenvalue weighted by Gasteiger charge is 2.20. The van der Waals surface area contributed by atoms with Crippen LogP contribution in [0, 0.1) is 18.6 Å². The maximum atomic E-state index is 14.9. The molecule has 1 aliphatic rings. The van der Waals surface area contributed by atoms with Gasteiger partial charge in [0.15, 0.2) is 5.82 Å². The zero-order valence-corrected chi connectivity index (χ0v) is 20.8. The van der Waals surface area contributed by atoms with Crippen molar-refractivity contribution in [3.05, 3.63) is 64.5 Å². The third-order valence-electron chi connectivity index (χ3n) is 6.27. The van der Waals surface area contributed by atoms with E-state index >= 15 is 0 Å². The normalized spacial score (nSPS) is 15.0. The van der Waals surface area contributed by atoms with Gasteiger partial charge in [0.05, 0.1) is 17.9 Å². The van der Waals surface area contributed by atoms with E-state index in [9.17, 15) is 8.78 Å². The molecule has 184 valence electrons. The van der Waals surface area contributed by atoms with Crippen molar-refractivity contribution < 1.29 is 13.5 Å². The van der Waals surface area contributed by atoms with Crippen LogP contribution in [0.4, 0.5) is 14.5 Å². The van der Waals surface area contributed by atoms with Crippen LogP contribution >= 0.6 is 0 Å². The Morgan fingerprint density at radius 2 is 1.91 bits per heavy atom. The van der Waals surface area contributed by atoms with Gasteiger partial charge in [0, 0.05) is 46.0 Å². The van der Waals surface area contributed by atoms with Crippen LogP contribution < -0.4 is 10.6 Å². The van der Waals surface area contributed by atoms with Crippen molar-refractivity contribution in [2.75, 3.05) is 45.7 Å². The summed E-state index contributed by atoms with van der Waals surface area (Å²) in [6, 6.07) is 8.44. The lowest BCUT2D eigenvalue weighted by Gasteiger charge is -2.32. The van der Waals surface area contributed by atoms with Gasteiger partial charge in [-0.1, -0.05) is 12.1 Å². The fourth-order valence-electron chi connectivity index (χ4n) is 4.10. The van der Waals surface area contributed by atoms with Gasteiger partial charge < -0.3 is 20.3 Å². The first-order chi connectivity index (χ1) is 16.3. The van der Waals surface area contributed by atoms with Crippen molar-refractivity contribution in [3.63, 3.8) is 0 Å². The van der Waals surface area contributed by atoms with Gasteiger partial charge >= 0.3 is 0 Å². The molecule has 0 unspecified atom stereocenters. The summed E-state index contributed by atoms with van der Waals surface area (Å²) in [4.78, 5) is 7.16. The molecule has 5 nitrogen and oxygen atoms in total. The van der Waals surface area contributed by atoms with Gasteiger partial charge in [-0.3, -0.25) is 0 Å². The third kappa shape index (κ3) is 6.42. The fraction of sp³-hybridized carbons (Fsp3) is 0.444. The molecule has 2 aromatic carbocycles. The number of likely N-dealkylation sites (tertiary alicyclic amines) is 1. The van der Waals surface area contributed by atoms with E-state index in [4.69, 9.17) is 9.73 Å². The summed E-state index contributed by atoms with van der Waals surface area (Å²) in [6.45, 7) is 9.82. The Bertz CT molecular complexity index is 1040. The molecule has 0 radical (unpaired) electrons. The molecular formula is C27H36F2N4O. The maximum Gasteiger partial charge on any atom is 0.157 e. The molecular weight excluding hydrogens is 434 g/mol. The number of nitrogens with one attached hydrogen (secondary N) is 2. The van der Waals surface area contributed by atoms with Crippen LogP contribution in [-0.4, -0.2) is 57.6 Å². The Hall–Kier alpha value is -2.77. The van der Waals surface area contributed by atoms with Crippen molar-refractivity contribution in [2.45, 2.75) is 39.7 Å². The lowest BCUT2D eigenvalue weighted by Crippen LogP contribution is -2.43. The van der Waals surface area contributed by atoms with Crippen LogP contribution in [0.3, 0.4) is 0 Å². The van der Waals surface area contributed by atoms with E-state index in [2.05, 4.69) is 15.5 Å². The van der Waals surface area contributed by atoms with E-state index in [-0.39, 0.29) is 11.3 Å². The second-order valence-corrected chi connectivity index (χ2v) is 8.97. The molecule has 34 heavy (non-hydrogen) atoms. The van der Waals surface area contributed by atoms with Crippen LogP contribution in [-0.2, 0) is 4.74 Å². The SMILES string of the molecule is CNc1ccc(F)c(-c2ccc(C)c(/C=N\C(NC3CCN(CCOC)CC3)=C(C)C)c2)c1F. The minimum atomic E-state index is -0.599. The molecule has 1 fully saturated rings. The molecule has 0 atom stereocenters. The highest BCUT2D eigenvalue weighted by atomic mass is 19.1. The fourth-order valence-corrected chi connectivity index (χ4v) is 4.10. The second-order valence-electron chi connectivity index (χ2n) is 8.97. The zero-order valence-electron chi connectivity index (χ0n) is 20.8. The molecule has 0 aliphatic carbocycles. The highest BCUT2D eigenvalue weighted by molar-refractivity contribution is 5.85. The quantitative estimate of drug-likeness (QED) is 0.485. The van der Waals surface area contributed by atoms with E-state index in [1.807, 2.05) is 26.8 Å². The van der Waals surface area contributed by atoms with E-state index in [0.717, 1.165) is 61.6 Å². The molecule has 1 aliphatic heterocycles. The number of rotatable bonds is 9. The molecule has 1 saturated heterocycles. The molecule has 2 aromatic rings. The smallest absolute Gasteiger partial charge is 0.157 e. The standard InChI is InChI=1S/C27H36F2N4O/c1-18(2)27(32-22-10-12-33(13-11-22)14-15-34-5)31-17-21-16-20(7-6-19(21)3)25-23(28)8-9-24(30-4)26(25)29/h6-9,16-17,22,30,32H,10-15H2,1-5H3/b31-17-. The van der Waals surface area contributed by atoms with Crippen molar-refractivity contribution in [1.82, 2.24) is 10.2 Å². The van der Waals surface area contributed by atoms with Crippen LogP contribution in [0.15, 0.2) is 46.7 Å². The maximum absolute atomic E-state index is 14.9. The van der Waals surface area contributed by atoms with Gasteiger partial charge in [-0.15, -0.1) is 0 Å². The molecule has 0 amide bonds. The monoisotopic (exact) mass is 470 g/mol. The summed E-state index contributed by atoms with van der Waals surface area (Å²) in [5, 5.41) is 6.37. The number of halogens is 2. The number of nitrogens with zero attached hydrogens (tertiary/aromatic N) is 2. The molecule has 0 spiro atoms. The van der Waals surface area contributed by atoms with Crippen LogP contribution in [0.5, 0.6) is 0 Å². The summed E-state index contributed by atoms with van der Waals surface area (Å²) in [7, 11) is 3.35. The number of piperidine rings is 1. The second kappa shape index (κ2) is 12.1. The minimum absolute atomic E-state index is 0.0395. The van der Waals surface area contributed by atoms with Crippen molar-refractivity contribution in [3.8, 4) is 11.1 Å². The molecule has 3 rings (SSSR count). The summed E-state index contributed by atoms with van der Waals surface area (Å²) < 4.78 is 34.6. The topological polar surface area (TPSA) is 48.9 Å². The Morgan fingerprint density at radius 1 is 1.18 bits per heavy atom. The van der Waals surface area contributed by atoms with Crippen molar-refractivity contribution in [2.24, 2.45) is 4.99 Å². The molecule has 2 N–H and O–H groups in total. The number of anilines is 1. The number of aryl methyl sites for hydroxylation is 1. The van der Waals surface area contributed by atoms with E-state index in [1.165, 1.54) is 12.1 Å². The number of benzene rings is 2. The predicted octanol–water partition coefficient (Wildman–Crippen LogP) is 5.35. The Balaban J connectivity index is 1.77. The minimum Gasteiger partial charge on any atom is -0.386 e. The van der Waals surface area contributed by atoms with E-state index < -0.39 is 11.6 Å². The first-order valence-corrected chi connectivity index (χ1v) is 11.8. The average Bonchev–Trinajstić information content (AvgIpc) is 2.82. The van der Waals surface area contributed by atoms with Gasteiger partial charge in [-0.25, -0.2) is 13.8 Å². The number of aliphatic imine (C=N–C) groups is 1. The number of allylic oxidation sites excluding steroid dienone is 1. The van der Waals surface area contributed by atoms with Crippen LogP contribution in [0.25, 0.3) is 11.1 Å². The Labute approximate surface area is 201 Å². The number of hydrogen-bond donors (Lipinski definition) is 2. The summed E-state index contributed by atoms with van der Waals surface area (Å²) in [5.41, 5.74) is 3.59. The van der Waals surface area contributed by atoms with Crippen LogP contribution in [0.2, 0.25) is 0 Å². The third-order valence-corrected chi connectivity index (χ3v) is 6.27. The average molecular weight is 471 g/mol. The van der Waals surface area contributed by atoms with Crippen LogP contribution in [0.1, 0.15) is 37.8 Å². The lowest BCUT2D eigenvalue weighted by atomic mass is 9.98. The zero-order chi connectivity index (χ0) is 24.7. The van der Waals surface area contributed by atoms with Gasteiger partial charge in [0.25, 0.3) is 0 Å². The van der Waals surface area contributed by atoms with Gasteiger partial charge in [-0.05, 0) is 74.1 Å². The van der Waals surface area contributed by atoms with Gasteiger partial charge in [0.1, 0.15) is 11.6 Å². The molecule has 0 aromatic heterocycles. The van der Waals surface area contributed by atoms with Crippen molar-refractivity contribution in [1.29, 1.82) is 0 Å². The van der Waals surface area contributed by atoms with E-state index in [1.54, 1.807) is 32.5 Å². The Morgan fingerprint density at radius 3 is 2.56 bits per heavy atom. The first kappa shape index (κ1) is 25.8. The first-order valence-electron chi connectivity index (χ1n) is 11.8. The summed E-state index contributed by atoms with van der Waals surface area (Å²) in [6.07, 6.45) is 3.87. The Kier molecular flexibility index (Phi) is 9.19. The molecule has 0 saturated carbocycles. The molecule has 7 heteroatoms. The number of ether oxygens (including phenoxy) is 1. The highest BCUT2D eigenvalue weighted by Crippen LogP contribution is 2.31. The predicted molar refractivity (Wildman–Crippen MR) is 137 cm³/mol. The lowest BCUT2D eigenvalue weighted by molar-refractivity contribution is 0.127. The number of methoxy groups -OCH3 is 1. The van der Waals surface area contributed by atoms with Gasteiger partial charge in [-0.2, -0.15) is 0 Å². The summed E-state index contributed by atoms with van der Waals surface area (Å²) in [5.74, 6) is -0.348. The number of hydrogen-bond acceptors (Lipinski definition) is 5. The van der Waals surface area contributed by atoms with E-state index in [0.29, 0.717) is 11.6 Å². The summed E-state index contributed by atoms with van der Waals surface area (Å²) >= 11 is 0.